The number of rotatable bonds is 17. The molecular formula is C36H44O8. The van der Waals surface area contributed by atoms with Crippen molar-refractivity contribution in [1.29, 1.82) is 0 Å². The van der Waals surface area contributed by atoms with Crippen molar-refractivity contribution in [2.45, 2.75) is 84.0 Å². The summed E-state index contributed by atoms with van der Waals surface area (Å²) in [6.07, 6.45) is 13.3. The van der Waals surface area contributed by atoms with Gasteiger partial charge in [-0.2, -0.15) is 0 Å². The normalized spacial score (nSPS) is 16.4. The van der Waals surface area contributed by atoms with E-state index in [9.17, 15) is 19.5 Å². The van der Waals surface area contributed by atoms with E-state index in [1.165, 1.54) is 31.7 Å². The molecular weight excluding hydrogens is 560 g/mol. The van der Waals surface area contributed by atoms with E-state index in [0.29, 0.717) is 41.8 Å². The average Bonchev–Trinajstić information content (AvgIpc) is 3.47. The second-order valence-corrected chi connectivity index (χ2v) is 11.6. The Morgan fingerprint density at radius 3 is 2.45 bits per heavy atom. The first-order valence-electron chi connectivity index (χ1n) is 15.9. The highest BCUT2D eigenvalue weighted by Gasteiger charge is 2.28. The standard InChI is InChI=1S/C36H44O8/c1-3-5-8-12-25-15-17-26(18-16-25)36(40)43-27-19-20-28(29(23-27)35(38)39)33-24-30-31(13-11-14-32(30)44-33)41-21-9-6-7-10-22-42-34(37)4-2/h4,11,13-14,19-20,23-26H,2-3,5-10,12,15-18,21-22H2,1H3,(H,38,39). The molecule has 8 nitrogen and oxygen atoms in total. The van der Waals surface area contributed by atoms with Crippen molar-refractivity contribution in [3.63, 3.8) is 0 Å². The van der Waals surface area contributed by atoms with Gasteiger partial charge >= 0.3 is 17.9 Å². The average molecular weight is 605 g/mol. The van der Waals surface area contributed by atoms with E-state index in [1.807, 2.05) is 18.2 Å². The molecule has 0 saturated heterocycles. The van der Waals surface area contributed by atoms with E-state index >= 15 is 0 Å². The molecule has 236 valence electrons. The van der Waals surface area contributed by atoms with Crippen LogP contribution in [0.2, 0.25) is 0 Å². The van der Waals surface area contributed by atoms with Crippen LogP contribution >= 0.6 is 0 Å². The highest BCUT2D eigenvalue weighted by atomic mass is 16.5. The van der Waals surface area contributed by atoms with Gasteiger partial charge in [-0.05, 0) is 93.7 Å². The second-order valence-electron chi connectivity index (χ2n) is 11.6. The second kappa shape index (κ2) is 16.7. The molecule has 1 aliphatic carbocycles. The minimum atomic E-state index is -1.14. The SMILES string of the molecule is C=CC(=O)OCCCCCCOc1cccc2oc(-c3ccc(OC(=O)C4CCC(CCCCC)CC4)cc3C(=O)O)cc12. The molecule has 0 atom stereocenters. The maximum Gasteiger partial charge on any atom is 0.336 e. The molecule has 3 aromatic rings. The Balaban J connectivity index is 1.35. The lowest BCUT2D eigenvalue weighted by molar-refractivity contribution is -0.140. The molecule has 1 aliphatic rings. The first-order chi connectivity index (χ1) is 21.4. The van der Waals surface area contributed by atoms with Gasteiger partial charge in [0, 0.05) is 11.6 Å². The molecule has 0 amide bonds. The summed E-state index contributed by atoms with van der Waals surface area (Å²) >= 11 is 0. The number of hydrogen-bond donors (Lipinski definition) is 1. The highest BCUT2D eigenvalue weighted by Crippen LogP contribution is 2.37. The van der Waals surface area contributed by atoms with Crippen molar-refractivity contribution in [1.82, 2.24) is 0 Å². The van der Waals surface area contributed by atoms with E-state index in [4.69, 9.17) is 18.6 Å². The van der Waals surface area contributed by atoms with Crippen LogP contribution in [0.25, 0.3) is 22.3 Å². The van der Waals surface area contributed by atoms with E-state index in [2.05, 4.69) is 13.5 Å². The Labute approximate surface area is 259 Å². The van der Waals surface area contributed by atoms with Crippen molar-refractivity contribution >= 4 is 28.9 Å². The fraction of sp³-hybridized carbons (Fsp3) is 0.472. The molecule has 1 N–H and O–H groups in total. The fourth-order valence-electron chi connectivity index (χ4n) is 5.81. The molecule has 0 radical (unpaired) electrons. The number of aromatic carboxylic acids is 1. The van der Waals surface area contributed by atoms with Gasteiger partial charge < -0.3 is 23.7 Å². The van der Waals surface area contributed by atoms with Crippen molar-refractivity contribution in [3.05, 3.63) is 60.7 Å². The lowest BCUT2D eigenvalue weighted by atomic mass is 9.80. The van der Waals surface area contributed by atoms with Gasteiger partial charge in [0.1, 0.15) is 22.8 Å². The summed E-state index contributed by atoms with van der Waals surface area (Å²) in [5.74, 6) is -0.0331. The third kappa shape index (κ3) is 9.21. The zero-order valence-electron chi connectivity index (χ0n) is 25.7. The number of carbonyl (C=O) groups is 3. The Hall–Kier alpha value is -4.07. The summed E-state index contributed by atoms with van der Waals surface area (Å²) in [7, 11) is 0. The minimum Gasteiger partial charge on any atom is -0.493 e. The molecule has 1 saturated carbocycles. The molecule has 0 bridgehead atoms. The van der Waals surface area contributed by atoms with Crippen LogP contribution in [0.5, 0.6) is 11.5 Å². The number of furan rings is 1. The first-order valence-corrected chi connectivity index (χ1v) is 15.9. The predicted molar refractivity (Wildman–Crippen MR) is 169 cm³/mol. The lowest BCUT2D eigenvalue weighted by Crippen LogP contribution is -2.25. The minimum absolute atomic E-state index is 0.00442. The van der Waals surface area contributed by atoms with Crippen molar-refractivity contribution in [2.24, 2.45) is 11.8 Å². The number of ether oxygens (including phenoxy) is 3. The Morgan fingerprint density at radius 2 is 1.73 bits per heavy atom. The van der Waals surface area contributed by atoms with Gasteiger partial charge in [0.15, 0.2) is 0 Å². The summed E-state index contributed by atoms with van der Waals surface area (Å²) < 4.78 is 22.7. The van der Waals surface area contributed by atoms with Crippen molar-refractivity contribution in [2.75, 3.05) is 13.2 Å². The molecule has 0 unspecified atom stereocenters. The Bertz CT molecular complexity index is 1410. The van der Waals surface area contributed by atoms with E-state index in [-0.39, 0.29) is 23.2 Å². The van der Waals surface area contributed by atoms with Gasteiger partial charge in [-0.25, -0.2) is 9.59 Å². The molecule has 4 rings (SSSR count). The number of esters is 2. The van der Waals surface area contributed by atoms with Crippen molar-refractivity contribution < 1.29 is 38.1 Å². The summed E-state index contributed by atoms with van der Waals surface area (Å²) in [5, 5.41) is 10.8. The largest absolute Gasteiger partial charge is 0.493 e. The van der Waals surface area contributed by atoms with Crippen LogP contribution in [0.4, 0.5) is 0 Å². The number of unbranched alkanes of at least 4 members (excludes halogenated alkanes) is 5. The van der Waals surface area contributed by atoms with Gasteiger partial charge in [0.2, 0.25) is 0 Å². The van der Waals surface area contributed by atoms with Gasteiger partial charge in [-0.15, -0.1) is 0 Å². The van der Waals surface area contributed by atoms with Crippen molar-refractivity contribution in [3.8, 4) is 22.8 Å². The molecule has 1 aromatic heterocycles. The van der Waals surface area contributed by atoms with E-state index in [0.717, 1.165) is 62.8 Å². The number of carbonyl (C=O) groups excluding carboxylic acids is 2. The zero-order valence-corrected chi connectivity index (χ0v) is 25.7. The summed E-state index contributed by atoms with van der Waals surface area (Å²) in [4.78, 5) is 36.2. The number of carboxylic acid groups (broad SMARTS) is 1. The molecule has 44 heavy (non-hydrogen) atoms. The number of fused-ring (bicyclic) bond motifs is 1. The van der Waals surface area contributed by atoms with E-state index in [1.54, 1.807) is 18.2 Å². The molecule has 1 fully saturated rings. The molecule has 2 aromatic carbocycles. The third-order valence-corrected chi connectivity index (χ3v) is 8.33. The first kappa shape index (κ1) is 32.8. The van der Waals surface area contributed by atoms with Gasteiger partial charge in [0.25, 0.3) is 0 Å². The number of hydrogen-bond acceptors (Lipinski definition) is 7. The van der Waals surface area contributed by atoms with Crippen LogP contribution in [-0.2, 0) is 14.3 Å². The maximum absolute atomic E-state index is 12.9. The Morgan fingerprint density at radius 1 is 0.955 bits per heavy atom. The van der Waals surface area contributed by atoms with Crippen LogP contribution in [0, 0.1) is 11.8 Å². The molecule has 0 aliphatic heterocycles. The van der Waals surface area contributed by atoms with Crippen LogP contribution < -0.4 is 9.47 Å². The fourth-order valence-corrected chi connectivity index (χ4v) is 5.81. The zero-order chi connectivity index (χ0) is 31.3. The summed E-state index contributed by atoms with van der Waals surface area (Å²) in [6, 6.07) is 11.9. The molecule has 1 heterocycles. The predicted octanol–water partition coefficient (Wildman–Crippen LogP) is 8.76. The molecule has 0 spiro atoms. The van der Waals surface area contributed by atoms with Crippen LogP contribution in [0.3, 0.4) is 0 Å². The van der Waals surface area contributed by atoms with Crippen LogP contribution in [0.15, 0.2) is 59.5 Å². The lowest BCUT2D eigenvalue weighted by Gasteiger charge is -2.27. The highest BCUT2D eigenvalue weighted by molar-refractivity contribution is 5.98. The third-order valence-electron chi connectivity index (χ3n) is 8.33. The topological polar surface area (TPSA) is 112 Å². The summed E-state index contributed by atoms with van der Waals surface area (Å²) in [6.45, 7) is 6.47. The quantitative estimate of drug-likeness (QED) is 0.0704. The maximum atomic E-state index is 12.9. The Kier molecular flexibility index (Phi) is 12.5. The van der Waals surface area contributed by atoms with Gasteiger partial charge in [0.05, 0.1) is 30.1 Å². The van der Waals surface area contributed by atoms with Crippen LogP contribution in [-0.4, -0.2) is 36.2 Å². The van der Waals surface area contributed by atoms with Crippen LogP contribution in [0.1, 0.15) is 94.3 Å². The molecule has 8 heteroatoms. The smallest absolute Gasteiger partial charge is 0.336 e. The summed E-state index contributed by atoms with van der Waals surface area (Å²) in [5.41, 5.74) is 0.970. The van der Waals surface area contributed by atoms with Gasteiger partial charge in [-0.1, -0.05) is 45.3 Å². The number of carboxylic acids is 1. The number of benzene rings is 2. The van der Waals surface area contributed by atoms with E-state index < -0.39 is 11.9 Å². The monoisotopic (exact) mass is 604 g/mol. The van der Waals surface area contributed by atoms with Gasteiger partial charge in [-0.3, -0.25) is 4.79 Å².